The highest BCUT2D eigenvalue weighted by molar-refractivity contribution is 5.97. The van der Waals surface area contributed by atoms with Crippen molar-refractivity contribution >= 4 is 34.3 Å². The molecule has 4 aromatic rings. The van der Waals surface area contributed by atoms with Gasteiger partial charge in [-0.3, -0.25) is 4.79 Å². The number of hydrogen-bond donors (Lipinski definition) is 1. The minimum absolute atomic E-state index is 0.0131. The Bertz CT molecular complexity index is 1430. The van der Waals surface area contributed by atoms with Crippen LogP contribution < -0.4 is 20.6 Å². The van der Waals surface area contributed by atoms with Crippen molar-refractivity contribution in [1.29, 1.82) is 0 Å². The Hall–Kier alpha value is -4.47. The SMILES string of the molecule is COc1cccc2cc(C(=O)N3CCN(c4ccc(Nc5cc(C)ccn5)nn4)CC3)c(=O)oc12. The fourth-order valence-electron chi connectivity index (χ4n) is 4.03. The lowest BCUT2D eigenvalue weighted by atomic mass is 10.1. The molecule has 35 heavy (non-hydrogen) atoms. The number of para-hydroxylation sites is 1. The molecule has 0 aliphatic carbocycles. The fourth-order valence-corrected chi connectivity index (χ4v) is 4.03. The van der Waals surface area contributed by atoms with E-state index in [1.807, 2.05) is 31.2 Å². The van der Waals surface area contributed by atoms with Crippen molar-refractivity contribution in [2.75, 3.05) is 43.5 Å². The number of rotatable bonds is 5. The van der Waals surface area contributed by atoms with Crippen molar-refractivity contribution in [2.45, 2.75) is 6.92 Å². The predicted octanol–water partition coefficient (Wildman–Crippen LogP) is 3.00. The first-order valence-corrected chi connectivity index (χ1v) is 11.2. The van der Waals surface area contributed by atoms with E-state index in [9.17, 15) is 9.59 Å². The van der Waals surface area contributed by atoms with E-state index in [2.05, 4.69) is 25.4 Å². The summed E-state index contributed by atoms with van der Waals surface area (Å²) in [5, 5.41) is 12.3. The molecular weight excluding hydrogens is 448 g/mol. The van der Waals surface area contributed by atoms with Crippen LogP contribution in [0.3, 0.4) is 0 Å². The van der Waals surface area contributed by atoms with Gasteiger partial charge in [-0.2, -0.15) is 0 Å². The third-order valence-corrected chi connectivity index (χ3v) is 5.89. The molecule has 0 spiro atoms. The van der Waals surface area contributed by atoms with Crippen LogP contribution in [-0.4, -0.2) is 59.3 Å². The fraction of sp³-hybridized carbons (Fsp3) is 0.240. The molecular formula is C25H24N6O4. The van der Waals surface area contributed by atoms with Crippen molar-refractivity contribution < 1.29 is 13.9 Å². The van der Waals surface area contributed by atoms with Gasteiger partial charge in [0.15, 0.2) is 23.0 Å². The van der Waals surface area contributed by atoms with Crippen LogP contribution in [0.5, 0.6) is 5.75 Å². The van der Waals surface area contributed by atoms with Gasteiger partial charge in [-0.05, 0) is 48.9 Å². The van der Waals surface area contributed by atoms with Crippen LogP contribution in [0.15, 0.2) is 63.9 Å². The average Bonchev–Trinajstić information content (AvgIpc) is 2.88. The number of aromatic nitrogens is 3. The van der Waals surface area contributed by atoms with Crippen LogP contribution in [0.25, 0.3) is 11.0 Å². The summed E-state index contributed by atoms with van der Waals surface area (Å²) in [5.74, 6) is 2.12. The number of pyridine rings is 1. The molecule has 1 aliphatic heterocycles. The van der Waals surface area contributed by atoms with E-state index in [4.69, 9.17) is 9.15 Å². The first kappa shape index (κ1) is 22.3. The molecule has 1 fully saturated rings. The van der Waals surface area contributed by atoms with Gasteiger partial charge in [-0.15, -0.1) is 10.2 Å². The molecule has 0 unspecified atom stereocenters. The Kier molecular flexibility index (Phi) is 6.01. The summed E-state index contributed by atoms with van der Waals surface area (Å²) >= 11 is 0. The molecule has 0 atom stereocenters. The standard InChI is InChI=1S/C25H24N6O4/c1-16-8-9-26-21(14-16)27-20-6-7-22(29-28-20)30-10-12-31(13-11-30)24(32)18-15-17-4-3-5-19(34-2)23(17)35-25(18)33/h3-9,14-15H,10-13H2,1-2H3,(H,26,27,28). The van der Waals surface area contributed by atoms with Crippen LogP contribution in [0.2, 0.25) is 0 Å². The van der Waals surface area contributed by atoms with E-state index in [0.717, 1.165) is 11.4 Å². The van der Waals surface area contributed by atoms with Crippen LogP contribution in [0.4, 0.5) is 17.5 Å². The molecule has 5 rings (SSSR count). The maximum Gasteiger partial charge on any atom is 0.349 e. The number of nitrogens with zero attached hydrogens (tertiary/aromatic N) is 5. The van der Waals surface area contributed by atoms with Crippen molar-refractivity contribution in [3.63, 3.8) is 0 Å². The highest BCUT2D eigenvalue weighted by Crippen LogP contribution is 2.25. The highest BCUT2D eigenvalue weighted by Gasteiger charge is 2.26. The number of ether oxygens (including phenoxy) is 1. The van der Waals surface area contributed by atoms with Gasteiger partial charge in [0.2, 0.25) is 0 Å². The lowest BCUT2D eigenvalue weighted by molar-refractivity contribution is 0.0742. The second-order valence-corrected chi connectivity index (χ2v) is 8.23. The first-order valence-electron chi connectivity index (χ1n) is 11.2. The van der Waals surface area contributed by atoms with Crippen LogP contribution >= 0.6 is 0 Å². The number of hydrogen-bond acceptors (Lipinski definition) is 9. The summed E-state index contributed by atoms with van der Waals surface area (Å²) in [7, 11) is 1.50. The monoisotopic (exact) mass is 472 g/mol. The van der Waals surface area contributed by atoms with E-state index < -0.39 is 5.63 Å². The Morgan fingerprint density at radius 1 is 1.03 bits per heavy atom. The maximum atomic E-state index is 13.1. The number of methoxy groups -OCH3 is 1. The highest BCUT2D eigenvalue weighted by atomic mass is 16.5. The zero-order valence-corrected chi connectivity index (χ0v) is 19.4. The third kappa shape index (κ3) is 4.63. The Morgan fingerprint density at radius 2 is 1.86 bits per heavy atom. The predicted molar refractivity (Wildman–Crippen MR) is 131 cm³/mol. The molecule has 0 bridgehead atoms. The van der Waals surface area contributed by atoms with Gasteiger partial charge in [-0.25, -0.2) is 9.78 Å². The van der Waals surface area contributed by atoms with E-state index >= 15 is 0 Å². The number of aryl methyl sites for hydroxylation is 1. The first-order chi connectivity index (χ1) is 17.0. The van der Waals surface area contributed by atoms with Crippen molar-refractivity contribution in [2.24, 2.45) is 0 Å². The van der Waals surface area contributed by atoms with Gasteiger partial charge in [0.1, 0.15) is 11.4 Å². The second-order valence-electron chi connectivity index (χ2n) is 8.23. The molecule has 1 aliphatic rings. The molecule has 3 aromatic heterocycles. The smallest absolute Gasteiger partial charge is 0.349 e. The Labute approximate surface area is 201 Å². The quantitative estimate of drug-likeness (QED) is 0.438. The topological polar surface area (TPSA) is 114 Å². The van der Waals surface area contributed by atoms with Gasteiger partial charge >= 0.3 is 5.63 Å². The largest absolute Gasteiger partial charge is 0.493 e. The summed E-state index contributed by atoms with van der Waals surface area (Å²) < 4.78 is 10.7. The molecule has 0 saturated carbocycles. The minimum atomic E-state index is -0.675. The molecule has 1 saturated heterocycles. The van der Waals surface area contributed by atoms with Crippen LogP contribution in [-0.2, 0) is 0 Å². The third-order valence-electron chi connectivity index (χ3n) is 5.89. The number of carbonyl (C=O) groups is 1. The number of anilines is 3. The van der Waals surface area contributed by atoms with Gasteiger partial charge in [0, 0.05) is 37.8 Å². The number of carbonyl (C=O) groups excluding carboxylic acids is 1. The average molecular weight is 473 g/mol. The molecule has 4 heterocycles. The summed E-state index contributed by atoms with van der Waals surface area (Å²) in [6, 6.07) is 14.4. The van der Waals surface area contributed by atoms with Crippen LogP contribution in [0, 0.1) is 6.92 Å². The molecule has 1 N–H and O–H groups in total. The molecule has 178 valence electrons. The zero-order valence-electron chi connectivity index (χ0n) is 19.4. The van der Waals surface area contributed by atoms with Crippen molar-refractivity contribution in [1.82, 2.24) is 20.1 Å². The molecule has 1 aromatic carbocycles. The molecule has 0 radical (unpaired) electrons. The van der Waals surface area contributed by atoms with Gasteiger partial charge in [0.25, 0.3) is 5.91 Å². The minimum Gasteiger partial charge on any atom is -0.493 e. The zero-order chi connectivity index (χ0) is 24.4. The number of benzene rings is 1. The number of nitrogens with one attached hydrogen (secondary N) is 1. The van der Waals surface area contributed by atoms with E-state index in [1.54, 1.807) is 35.4 Å². The van der Waals surface area contributed by atoms with Crippen molar-refractivity contribution in [3.05, 3.63) is 76.3 Å². The van der Waals surface area contributed by atoms with E-state index in [-0.39, 0.29) is 11.5 Å². The van der Waals surface area contributed by atoms with Crippen LogP contribution in [0.1, 0.15) is 15.9 Å². The molecule has 10 nitrogen and oxygen atoms in total. The van der Waals surface area contributed by atoms with Gasteiger partial charge in [0.05, 0.1) is 7.11 Å². The van der Waals surface area contributed by atoms with Gasteiger partial charge in [-0.1, -0.05) is 12.1 Å². The lowest BCUT2D eigenvalue weighted by Crippen LogP contribution is -2.49. The normalized spacial score (nSPS) is 13.7. The number of piperazine rings is 1. The molecule has 1 amide bonds. The summed E-state index contributed by atoms with van der Waals surface area (Å²) in [4.78, 5) is 33.6. The maximum absolute atomic E-state index is 13.1. The lowest BCUT2D eigenvalue weighted by Gasteiger charge is -2.35. The molecule has 10 heteroatoms. The second kappa shape index (κ2) is 9.41. The van der Waals surface area contributed by atoms with Gasteiger partial charge < -0.3 is 24.3 Å². The van der Waals surface area contributed by atoms with Crippen molar-refractivity contribution in [3.8, 4) is 5.75 Å². The number of fused-ring (bicyclic) bond motifs is 1. The number of amides is 1. The van der Waals surface area contributed by atoms with E-state index in [1.165, 1.54) is 7.11 Å². The summed E-state index contributed by atoms with van der Waals surface area (Å²) in [5.41, 5.74) is 0.766. The summed E-state index contributed by atoms with van der Waals surface area (Å²) in [6.45, 7) is 4.03. The Morgan fingerprint density at radius 3 is 2.57 bits per heavy atom. The van der Waals surface area contributed by atoms with E-state index in [0.29, 0.717) is 54.5 Å². The Balaban J connectivity index is 1.24. The summed E-state index contributed by atoms with van der Waals surface area (Å²) in [6.07, 6.45) is 1.74.